The number of carboxylic acids is 1. The van der Waals surface area contributed by atoms with Gasteiger partial charge < -0.3 is 26.2 Å². The molecule has 0 saturated carbocycles. The summed E-state index contributed by atoms with van der Waals surface area (Å²) in [7, 11) is 0. The van der Waals surface area contributed by atoms with Gasteiger partial charge in [-0.2, -0.15) is 0 Å². The van der Waals surface area contributed by atoms with Crippen molar-refractivity contribution < 1.29 is 28.8 Å². The molecule has 6 N–H and O–H groups in total. The van der Waals surface area contributed by atoms with Crippen molar-refractivity contribution in [1.82, 2.24) is 29.8 Å². The van der Waals surface area contributed by atoms with Gasteiger partial charge in [0.1, 0.15) is 23.5 Å². The number of anilines is 1. The first-order chi connectivity index (χ1) is 20.7. The smallest absolute Gasteiger partial charge is 0.439 e. The number of nitrogens with two attached hydrogens (primary N) is 1. The van der Waals surface area contributed by atoms with Crippen molar-refractivity contribution in [3.8, 4) is 17.1 Å². The lowest BCUT2D eigenvalue weighted by Crippen LogP contribution is -2.26. The number of H-pyrrole nitrogens is 1. The summed E-state index contributed by atoms with van der Waals surface area (Å²) in [6, 6.07) is 12.4. The number of nitrogens with one attached hydrogen (secondary N) is 3. The van der Waals surface area contributed by atoms with Crippen LogP contribution in [0.2, 0.25) is 0 Å². The van der Waals surface area contributed by atoms with E-state index in [1.54, 1.807) is 18.2 Å². The third-order valence-electron chi connectivity index (χ3n) is 6.95. The van der Waals surface area contributed by atoms with Gasteiger partial charge >= 0.3 is 11.7 Å². The number of rotatable bonds is 5. The standard InChI is InChI=1S/C17H13N5O5.C11H11N3O2.CH4.ClH/c23-15-7-27-13-2-1-9(3-10(13)21-15)5-19-16(24)11-4-12(17(25)26)22-8-18-6-14(22)20-11;12-9-4-2-6-5-7(1-3-8(6)9)10-13-11(15)16-14-10;;/h1-4,6,8H,5,7H2,(H,19,24)(H,21,23)(H,25,26);1,3,5,9H,2,4,12H2,(H,13,14,15);1H4;1H/t;9-;;/m.0../s1. The SMILES string of the molecule is C.Cl.N[C@H]1CCc2cc(-c3noc(=O)[nH]3)ccc21.O=C1COc2ccc(CNC(=O)c3cc(C(=O)O)n4cncc4n3)cc2N1. The Bertz CT molecular complexity index is 1950. The summed E-state index contributed by atoms with van der Waals surface area (Å²) < 4.78 is 11.0. The zero-order chi connectivity index (χ0) is 30.1. The van der Waals surface area contributed by atoms with Crippen LogP contribution in [-0.4, -0.2) is 54.0 Å². The second-order valence-corrected chi connectivity index (χ2v) is 9.81. The number of hydrogen-bond donors (Lipinski definition) is 5. The van der Waals surface area contributed by atoms with Crippen LogP contribution in [0.25, 0.3) is 17.0 Å². The Kier molecular flexibility index (Phi) is 9.64. The summed E-state index contributed by atoms with van der Waals surface area (Å²) in [5.41, 5.74) is 10.6. The largest absolute Gasteiger partial charge is 0.482 e. The highest BCUT2D eigenvalue weighted by Crippen LogP contribution is 2.32. The van der Waals surface area contributed by atoms with E-state index in [0.29, 0.717) is 17.3 Å². The van der Waals surface area contributed by atoms with E-state index < -0.39 is 17.6 Å². The van der Waals surface area contributed by atoms with Gasteiger partial charge in [-0.3, -0.25) is 23.5 Å². The van der Waals surface area contributed by atoms with E-state index in [1.807, 2.05) is 18.2 Å². The average molecular weight is 637 g/mol. The normalized spacial score (nSPS) is 14.3. The zero-order valence-electron chi connectivity index (χ0n) is 22.8. The van der Waals surface area contributed by atoms with Crippen LogP contribution in [0.4, 0.5) is 5.69 Å². The molecule has 3 aromatic heterocycles. The fourth-order valence-electron chi connectivity index (χ4n) is 4.86. The molecule has 1 atom stereocenters. The highest BCUT2D eigenvalue weighted by molar-refractivity contribution is 5.96. The van der Waals surface area contributed by atoms with Crippen molar-refractivity contribution in [2.75, 3.05) is 11.9 Å². The highest BCUT2D eigenvalue weighted by atomic mass is 35.5. The number of carbonyl (C=O) groups excluding carboxylic acids is 2. The molecule has 0 fully saturated rings. The van der Waals surface area contributed by atoms with Crippen molar-refractivity contribution in [2.45, 2.75) is 32.9 Å². The number of aryl methyl sites for hydroxylation is 1. The topological polar surface area (TPSA) is 220 Å². The number of fused-ring (bicyclic) bond motifs is 3. The molecule has 15 nitrogen and oxygen atoms in total. The number of aromatic amines is 1. The lowest BCUT2D eigenvalue weighted by atomic mass is 10.0. The van der Waals surface area contributed by atoms with Crippen molar-refractivity contribution in [3.05, 3.63) is 93.6 Å². The third kappa shape index (κ3) is 6.84. The number of ether oxygens (including phenoxy) is 1. The summed E-state index contributed by atoms with van der Waals surface area (Å²) >= 11 is 0. The quantitative estimate of drug-likeness (QED) is 0.189. The molecule has 0 unspecified atom stereocenters. The van der Waals surface area contributed by atoms with Crippen LogP contribution >= 0.6 is 12.4 Å². The van der Waals surface area contributed by atoms with E-state index in [2.05, 4.69) is 35.3 Å². The van der Waals surface area contributed by atoms with Crippen LogP contribution in [0, 0.1) is 0 Å². The first-order valence-corrected chi connectivity index (χ1v) is 13.1. The van der Waals surface area contributed by atoms with Gasteiger partial charge in [-0.15, -0.1) is 12.4 Å². The lowest BCUT2D eigenvalue weighted by molar-refractivity contribution is -0.118. The van der Waals surface area contributed by atoms with Crippen LogP contribution in [0.3, 0.4) is 0 Å². The Morgan fingerprint density at radius 1 is 1.16 bits per heavy atom. The van der Waals surface area contributed by atoms with E-state index in [-0.39, 0.29) is 62.0 Å². The van der Waals surface area contributed by atoms with Crippen LogP contribution in [0.15, 0.2) is 64.3 Å². The number of carboxylic acid groups (broad SMARTS) is 1. The molecule has 2 aliphatic rings. The Labute approximate surface area is 261 Å². The monoisotopic (exact) mass is 636 g/mol. The summed E-state index contributed by atoms with van der Waals surface area (Å²) in [6.45, 7) is 0.133. The minimum Gasteiger partial charge on any atom is -0.482 e. The van der Waals surface area contributed by atoms with Crippen molar-refractivity contribution >= 4 is 41.5 Å². The number of aromatic carboxylic acids is 1. The molecule has 2 aromatic carbocycles. The summed E-state index contributed by atoms with van der Waals surface area (Å²) in [6.07, 6.45) is 4.65. The Morgan fingerprint density at radius 2 is 1.98 bits per heavy atom. The van der Waals surface area contributed by atoms with Crippen LogP contribution in [0.5, 0.6) is 5.75 Å². The maximum Gasteiger partial charge on any atom is 0.439 e. The first-order valence-electron chi connectivity index (χ1n) is 13.1. The Morgan fingerprint density at radius 3 is 2.73 bits per heavy atom. The van der Waals surface area contributed by atoms with E-state index in [1.165, 1.54) is 34.1 Å². The van der Waals surface area contributed by atoms with Gasteiger partial charge in [-0.25, -0.2) is 19.6 Å². The van der Waals surface area contributed by atoms with Gasteiger partial charge in [0.15, 0.2) is 18.1 Å². The van der Waals surface area contributed by atoms with E-state index in [9.17, 15) is 24.3 Å². The molecule has 0 radical (unpaired) electrons. The molecule has 0 spiro atoms. The van der Waals surface area contributed by atoms with E-state index in [0.717, 1.165) is 24.0 Å². The number of carbonyl (C=O) groups is 3. The summed E-state index contributed by atoms with van der Waals surface area (Å²) in [4.78, 5) is 56.5. The Hall–Kier alpha value is -5.54. The first kappa shape index (κ1) is 32.4. The van der Waals surface area contributed by atoms with Gasteiger partial charge in [-0.05, 0) is 47.7 Å². The maximum atomic E-state index is 12.4. The number of hydrogen-bond acceptors (Lipinski definition) is 10. The van der Waals surface area contributed by atoms with Crippen LogP contribution in [0.1, 0.15) is 57.6 Å². The molecular weight excluding hydrogens is 608 g/mol. The minimum atomic E-state index is -1.19. The number of amides is 2. The molecule has 5 aromatic rings. The molecular formula is C29H29ClN8O7. The second kappa shape index (κ2) is 13.4. The van der Waals surface area contributed by atoms with Gasteiger partial charge in [-0.1, -0.05) is 30.8 Å². The molecule has 0 saturated heterocycles. The molecule has 1 aliphatic carbocycles. The number of aromatic nitrogens is 5. The van der Waals surface area contributed by atoms with Gasteiger partial charge in [0, 0.05) is 24.2 Å². The number of halogens is 1. The Balaban J connectivity index is 0.000000220. The number of nitrogens with zero attached hydrogens (tertiary/aromatic N) is 4. The van der Waals surface area contributed by atoms with Crippen molar-refractivity contribution in [2.24, 2.45) is 5.73 Å². The molecule has 2 amide bonds. The molecule has 234 valence electrons. The van der Waals surface area contributed by atoms with Crippen LogP contribution < -0.4 is 26.9 Å². The van der Waals surface area contributed by atoms with Crippen molar-refractivity contribution in [1.29, 1.82) is 0 Å². The fourth-order valence-corrected chi connectivity index (χ4v) is 4.86. The predicted octanol–water partition coefficient (Wildman–Crippen LogP) is 2.72. The second-order valence-electron chi connectivity index (χ2n) is 9.81. The fraction of sp³-hybridized carbons (Fsp3) is 0.207. The molecule has 4 heterocycles. The molecule has 16 heteroatoms. The molecule has 0 bridgehead atoms. The highest BCUT2D eigenvalue weighted by Gasteiger charge is 2.20. The molecule has 7 rings (SSSR count). The predicted molar refractivity (Wildman–Crippen MR) is 163 cm³/mol. The van der Waals surface area contributed by atoms with Crippen molar-refractivity contribution in [3.63, 3.8) is 0 Å². The lowest BCUT2D eigenvalue weighted by Gasteiger charge is -2.18. The van der Waals surface area contributed by atoms with Gasteiger partial charge in [0.2, 0.25) is 0 Å². The maximum absolute atomic E-state index is 12.4. The third-order valence-corrected chi connectivity index (χ3v) is 6.95. The summed E-state index contributed by atoms with van der Waals surface area (Å²) in [5, 5.41) is 18.3. The van der Waals surface area contributed by atoms with E-state index >= 15 is 0 Å². The molecule has 45 heavy (non-hydrogen) atoms. The number of benzene rings is 2. The van der Waals surface area contributed by atoms with Gasteiger partial charge in [0.05, 0.1) is 11.9 Å². The number of imidazole rings is 1. The minimum absolute atomic E-state index is 0. The van der Waals surface area contributed by atoms with Crippen LogP contribution in [-0.2, 0) is 17.8 Å². The summed E-state index contributed by atoms with van der Waals surface area (Å²) in [5.74, 6) is -1.48. The molecule has 1 aliphatic heterocycles. The van der Waals surface area contributed by atoms with E-state index in [4.69, 9.17) is 10.5 Å². The zero-order valence-corrected chi connectivity index (χ0v) is 23.6. The van der Waals surface area contributed by atoms with Gasteiger partial charge in [0.25, 0.3) is 11.8 Å². The average Bonchev–Trinajstić information content (AvgIpc) is 3.75.